The monoisotopic (exact) mass is 210 g/mol. The lowest BCUT2D eigenvalue weighted by Gasteiger charge is -2.07. The van der Waals surface area contributed by atoms with Crippen LogP contribution in [0.15, 0.2) is 12.1 Å². The second kappa shape index (κ2) is 4.41. The number of ether oxygens (including phenoxy) is 1. The number of nitrogens with one attached hydrogen (secondary N) is 1. The van der Waals surface area contributed by atoms with Crippen LogP contribution in [0.2, 0.25) is 0 Å². The molecular formula is C9H10N2O4. The van der Waals surface area contributed by atoms with Crippen molar-refractivity contribution in [1.82, 2.24) is 0 Å². The Balaban J connectivity index is 3.28. The maximum atomic E-state index is 10.6. The summed E-state index contributed by atoms with van der Waals surface area (Å²) in [5.74, 6) is 0.120. The fourth-order valence-electron chi connectivity index (χ4n) is 1.20. The number of hydrogen-bond acceptors (Lipinski definition) is 4. The topological polar surface area (TPSA) is 81.5 Å². The third kappa shape index (κ3) is 2.22. The van der Waals surface area contributed by atoms with Crippen LogP contribution in [0.3, 0.4) is 0 Å². The average Bonchev–Trinajstić information content (AvgIpc) is 2.20. The van der Waals surface area contributed by atoms with Crippen molar-refractivity contribution in [2.75, 3.05) is 12.4 Å². The molecule has 15 heavy (non-hydrogen) atoms. The smallest absolute Gasteiger partial charge is 0.311 e. The van der Waals surface area contributed by atoms with E-state index in [1.165, 1.54) is 19.2 Å². The first-order valence-corrected chi connectivity index (χ1v) is 4.13. The number of carbonyl (C=O) groups excluding carboxylic acids is 1. The van der Waals surface area contributed by atoms with Gasteiger partial charge in [-0.2, -0.15) is 0 Å². The van der Waals surface area contributed by atoms with Gasteiger partial charge in [-0.3, -0.25) is 14.9 Å². The van der Waals surface area contributed by atoms with Crippen molar-refractivity contribution in [3.05, 3.63) is 27.8 Å². The Kier molecular flexibility index (Phi) is 3.22. The van der Waals surface area contributed by atoms with Gasteiger partial charge in [-0.25, -0.2) is 0 Å². The molecule has 0 heterocycles. The van der Waals surface area contributed by atoms with Crippen molar-refractivity contribution in [2.24, 2.45) is 0 Å². The first kappa shape index (κ1) is 11.0. The van der Waals surface area contributed by atoms with Crippen LogP contribution < -0.4 is 10.1 Å². The first-order valence-electron chi connectivity index (χ1n) is 4.13. The zero-order valence-electron chi connectivity index (χ0n) is 8.31. The predicted octanol–water partition coefficient (Wildman–Crippen LogP) is 1.48. The van der Waals surface area contributed by atoms with E-state index in [1.807, 2.05) is 0 Å². The molecule has 0 bridgehead atoms. The molecule has 1 aromatic carbocycles. The molecule has 1 N–H and O–H groups in total. The number of rotatable bonds is 4. The molecule has 1 aromatic rings. The Morgan fingerprint density at radius 1 is 1.53 bits per heavy atom. The summed E-state index contributed by atoms with van der Waals surface area (Å²) in [6.45, 7) is 1.66. The SMILES string of the molecule is COc1cc(NC=O)c(C)cc1[N+](=O)[O-]. The molecule has 1 amide bonds. The maximum absolute atomic E-state index is 10.6. The molecule has 0 aromatic heterocycles. The summed E-state index contributed by atoms with van der Waals surface area (Å²) in [6, 6.07) is 2.77. The van der Waals surface area contributed by atoms with Crippen molar-refractivity contribution < 1.29 is 14.5 Å². The zero-order valence-corrected chi connectivity index (χ0v) is 8.31. The molecule has 0 radical (unpaired) electrons. The van der Waals surface area contributed by atoms with Crippen LogP contribution >= 0.6 is 0 Å². The molecule has 1 rings (SSSR count). The van der Waals surface area contributed by atoms with Crippen LogP contribution in [0.5, 0.6) is 5.75 Å². The van der Waals surface area contributed by atoms with E-state index < -0.39 is 4.92 Å². The van der Waals surface area contributed by atoms with E-state index >= 15 is 0 Å². The fraction of sp³-hybridized carbons (Fsp3) is 0.222. The van der Waals surface area contributed by atoms with Gasteiger partial charge in [0.2, 0.25) is 6.41 Å². The van der Waals surface area contributed by atoms with E-state index in [0.717, 1.165) is 0 Å². The summed E-state index contributed by atoms with van der Waals surface area (Å²) in [5, 5.41) is 13.1. The highest BCUT2D eigenvalue weighted by molar-refractivity contribution is 5.76. The number of amides is 1. The minimum Gasteiger partial charge on any atom is -0.490 e. The Morgan fingerprint density at radius 2 is 2.20 bits per heavy atom. The fourth-order valence-corrected chi connectivity index (χ4v) is 1.20. The second-order valence-electron chi connectivity index (χ2n) is 2.86. The van der Waals surface area contributed by atoms with E-state index in [0.29, 0.717) is 17.7 Å². The molecule has 0 spiro atoms. The van der Waals surface area contributed by atoms with Crippen LogP contribution in [-0.4, -0.2) is 18.4 Å². The summed E-state index contributed by atoms with van der Waals surface area (Å²) < 4.78 is 4.85. The lowest BCUT2D eigenvalue weighted by molar-refractivity contribution is -0.385. The molecule has 6 heteroatoms. The standard InChI is InChI=1S/C9H10N2O4/c1-6-3-8(11(13)14)9(15-2)4-7(6)10-5-12/h3-5H,1-2H3,(H,10,12). The molecule has 80 valence electrons. The van der Waals surface area contributed by atoms with Crippen LogP contribution in [0.4, 0.5) is 11.4 Å². The number of hydrogen-bond donors (Lipinski definition) is 1. The average molecular weight is 210 g/mol. The molecule has 0 aliphatic heterocycles. The summed E-state index contributed by atoms with van der Waals surface area (Å²) in [5.41, 5.74) is 0.980. The normalized spacial score (nSPS) is 9.47. The molecule has 0 aliphatic carbocycles. The predicted molar refractivity (Wildman–Crippen MR) is 54.1 cm³/mol. The van der Waals surface area contributed by atoms with E-state index in [9.17, 15) is 14.9 Å². The van der Waals surface area contributed by atoms with Crippen LogP contribution in [0, 0.1) is 17.0 Å². The van der Waals surface area contributed by atoms with Gasteiger partial charge >= 0.3 is 5.69 Å². The van der Waals surface area contributed by atoms with Crippen LogP contribution in [0.25, 0.3) is 0 Å². The van der Waals surface area contributed by atoms with E-state index in [4.69, 9.17) is 4.74 Å². The van der Waals surface area contributed by atoms with Crippen LogP contribution in [0.1, 0.15) is 5.56 Å². The Labute approximate surface area is 86.0 Å². The van der Waals surface area contributed by atoms with Crippen molar-refractivity contribution >= 4 is 17.8 Å². The van der Waals surface area contributed by atoms with Gasteiger partial charge in [0.25, 0.3) is 0 Å². The molecule has 0 saturated carbocycles. The summed E-state index contributed by atoms with van der Waals surface area (Å²) >= 11 is 0. The number of aryl methyl sites for hydroxylation is 1. The molecule has 0 aliphatic rings. The third-order valence-electron chi connectivity index (χ3n) is 1.94. The van der Waals surface area contributed by atoms with Gasteiger partial charge < -0.3 is 10.1 Å². The third-order valence-corrected chi connectivity index (χ3v) is 1.94. The van der Waals surface area contributed by atoms with Gasteiger partial charge in [-0.1, -0.05) is 0 Å². The quantitative estimate of drug-likeness (QED) is 0.463. The highest BCUT2D eigenvalue weighted by atomic mass is 16.6. The van der Waals surface area contributed by atoms with Crippen molar-refractivity contribution in [2.45, 2.75) is 6.92 Å². The van der Waals surface area contributed by atoms with E-state index in [2.05, 4.69) is 5.32 Å². The molecule has 0 unspecified atom stereocenters. The van der Waals surface area contributed by atoms with Crippen molar-refractivity contribution in [3.63, 3.8) is 0 Å². The van der Waals surface area contributed by atoms with E-state index in [1.54, 1.807) is 6.92 Å². The lowest BCUT2D eigenvalue weighted by Crippen LogP contribution is -2.00. The zero-order chi connectivity index (χ0) is 11.4. The number of nitrogens with zero attached hydrogens (tertiary/aromatic N) is 1. The Bertz CT molecular complexity index is 403. The highest BCUT2D eigenvalue weighted by Gasteiger charge is 2.16. The summed E-state index contributed by atoms with van der Waals surface area (Å²) in [7, 11) is 1.34. The van der Waals surface area contributed by atoms with E-state index in [-0.39, 0.29) is 11.4 Å². The van der Waals surface area contributed by atoms with Crippen molar-refractivity contribution in [3.8, 4) is 5.75 Å². The second-order valence-corrected chi connectivity index (χ2v) is 2.86. The number of nitro groups is 1. The number of methoxy groups -OCH3 is 1. The minimum absolute atomic E-state index is 0.119. The molecule has 6 nitrogen and oxygen atoms in total. The molecular weight excluding hydrogens is 200 g/mol. The number of anilines is 1. The largest absolute Gasteiger partial charge is 0.490 e. The number of nitro benzene ring substituents is 1. The Hall–Kier alpha value is -2.11. The maximum Gasteiger partial charge on any atom is 0.311 e. The van der Waals surface area contributed by atoms with Gasteiger partial charge in [-0.15, -0.1) is 0 Å². The van der Waals surface area contributed by atoms with Gasteiger partial charge in [0.1, 0.15) is 0 Å². The molecule has 0 atom stereocenters. The van der Waals surface area contributed by atoms with Crippen molar-refractivity contribution in [1.29, 1.82) is 0 Å². The molecule has 0 saturated heterocycles. The molecule has 0 fully saturated rings. The van der Waals surface area contributed by atoms with Gasteiger partial charge in [-0.05, 0) is 12.5 Å². The number of carbonyl (C=O) groups is 1. The Morgan fingerprint density at radius 3 is 2.67 bits per heavy atom. The summed E-state index contributed by atoms with van der Waals surface area (Å²) in [6.07, 6.45) is 0.508. The van der Waals surface area contributed by atoms with Gasteiger partial charge in [0, 0.05) is 17.8 Å². The highest BCUT2D eigenvalue weighted by Crippen LogP contribution is 2.32. The number of benzene rings is 1. The minimum atomic E-state index is -0.531. The lowest BCUT2D eigenvalue weighted by atomic mass is 10.1. The van der Waals surface area contributed by atoms with Crippen LogP contribution in [-0.2, 0) is 4.79 Å². The van der Waals surface area contributed by atoms with Gasteiger partial charge in [0.15, 0.2) is 5.75 Å². The van der Waals surface area contributed by atoms with Gasteiger partial charge in [0.05, 0.1) is 12.0 Å². The first-order chi connectivity index (χ1) is 7.10. The summed E-state index contributed by atoms with van der Waals surface area (Å²) in [4.78, 5) is 20.4.